The number of carbonyl (C=O) groups excluding carboxylic acids is 1. The molecule has 0 amide bonds. The van der Waals surface area contributed by atoms with Gasteiger partial charge < -0.3 is 19.1 Å². The quantitative estimate of drug-likeness (QED) is 0.639. The molecule has 0 N–H and O–H groups in total. The molecule has 0 saturated carbocycles. The van der Waals surface area contributed by atoms with Crippen molar-refractivity contribution >= 4 is 28.7 Å². The summed E-state index contributed by atoms with van der Waals surface area (Å²) in [6.07, 6.45) is 1.79. The fraction of sp³-hybridized carbons (Fsp3) is 0.389. The van der Waals surface area contributed by atoms with Crippen molar-refractivity contribution in [3.63, 3.8) is 0 Å². The van der Waals surface area contributed by atoms with Crippen LogP contribution in [0.15, 0.2) is 28.9 Å². The SMILES string of the molecule is CCOC(=O)c1noc2nc(C)nc(N3CCN(c4ccccn4)CC3)c12. The van der Waals surface area contributed by atoms with Crippen molar-refractivity contribution < 1.29 is 14.1 Å². The zero-order valence-electron chi connectivity index (χ0n) is 15.3. The molecule has 0 unspecified atom stereocenters. The Morgan fingerprint density at radius 3 is 2.67 bits per heavy atom. The Bertz CT molecular complexity index is 950. The summed E-state index contributed by atoms with van der Waals surface area (Å²) in [5.74, 6) is 1.65. The Kier molecular flexibility index (Phi) is 4.57. The lowest BCUT2D eigenvalue weighted by Gasteiger charge is -2.36. The van der Waals surface area contributed by atoms with Gasteiger partial charge in [0.1, 0.15) is 22.8 Å². The minimum absolute atomic E-state index is 0.119. The molecule has 3 aromatic heterocycles. The number of anilines is 2. The van der Waals surface area contributed by atoms with E-state index in [9.17, 15) is 4.79 Å². The minimum atomic E-state index is -0.530. The molecule has 140 valence electrons. The fourth-order valence-electron chi connectivity index (χ4n) is 3.20. The summed E-state index contributed by atoms with van der Waals surface area (Å²) in [5.41, 5.74) is 0.418. The summed E-state index contributed by atoms with van der Waals surface area (Å²) < 4.78 is 10.4. The first kappa shape index (κ1) is 17.2. The van der Waals surface area contributed by atoms with E-state index >= 15 is 0 Å². The largest absolute Gasteiger partial charge is 0.461 e. The van der Waals surface area contributed by atoms with E-state index in [1.54, 1.807) is 20.0 Å². The number of rotatable bonds is 4. The molecule has 3 aromatic rings. The van der Waals surface area contributed by atoms with Crippen LogP contribution in [0, 0.1) is 6.92 Å². The highest BCUT2D eigenvalue weighted by molar-refractivity contribution is 6.04. The van der Waals surface area contributed by atoms with Crippen molar-refractivity contribution in [1.82, 2.24) is 20.1 Å². The normalized spacial score (nSPS) is 14.6. The number of aryl methyl sites for hydroxylation is 1. The summed E-state index contributed by atoms with van der Waals surface area (Å²) in [7, 11) is 0. The first-order valence-electron chi connectivity index (χ1n) is 8.89. The Balaban J connectivity index is 1.64. The van der Waals surface area contributed by atoms with E-state index in [2.05, 4.69) is 29.9 Å². The average molecular weight is 368 g/mol. The number of ether oxygens (including phenoxy) is 1. The number of esters is 1. The van der Waals surface area contributed by atoms with Crippen molar-refractivity contribution in [1.29, 1.82) is 0 Å². The molecule has 9 heteroatoms. The van der Waals surface area contributed by atoms with Crippen molar-refractivity contribution in [3.05, 3.63) is 35.9 Å². The van der Waals surface area contributed by atoms with Gasteiger partial charge in [0.2, 0.25) is 5.69 Å². The van der Waals surface area contributed by atoms with E-state index in [0.717, 1.165) is 32.0 Å². The molecule has 0 radical (unpaired) electrons. The van der Waals surface area contributed by atoms with Gasteiger partial charge in [-0.15, -0.1) is 0 Å². The molecule has 1 fully saturated rings. The molecule has 27 heavy (non-hydrogen) atoms. The topological polar surface area (TPSA) is 97.5 Å². The number of aromatic nitrogens is 4. The summed E-state index contributed by atoms with van der Waals surface area (Å²) >= 11 is 0. The van der Waals surface area contributed by atoms with Crippen LogP contribution in [0.3, 0.4) is 0 Å². The third kappa shape index (κ3) is 3.27. The number of fused-ring (bicyclic) bond motifs is 1. The molecule has 1 aliphatic rings. The molecule has 4 heterocycles. The summed E-state index contributed by atoms with van der Waals surface area (Å²) in [5, 5.41) is 4.38. The molecule has 0 bridgehead atoms. The van der Waals surface area contributed by atoms with Crippen LogP contribution in [0.2, 0.25) is 0 Å². The van der Waals surface area contributed by atoms with Gasteiger partial charge in [0.05, 0.1) is 6.61 Å². The van der Waals surface area contributed by atoms with Crippen LogP contribution < -0.4 is 9.80 Å². The molecule has 4 rings (SSSR count). The third-order valence-electron chi connectivity index (χ3n) is 4.45. The smallest absolute Gasteiger partial charge is 0.361 e. The van der Waals surface area contributed by atoms with Crippen LogP contribution in [-0.4, -0.2) is 58.9 Å². The van der Waals surface area contributed by atoms with Crippen molar-refractivity contribution in [2.45, 2.75) is 13.8 Å². The Morgan fingerprint density at radius 1 is 1.19 bits per heavy atom. The monoisotopic (exact) mass is 368 g/mol. The van der Waals surface area contributed by atoms with Crippen molar-refractivity contribution in [2.24, 2.45) is 0 Å². The molecular formula is C18H20N6O3. The highest BCUT2D eigenvalue weighted by Gasteiger charge is 2.27. The van der Waals surface area contributed by atoms with Gasteiger partial charge in [-0.1, -0.05) is 11.2 Å². The standard InChI is InChI=1S/C18H20N6O3/c1-3-26-18(25)15-14-16(20-12(2)21-17(14)27-22-15)24-10-8-23(9-11-24)13-6-4-5-7-19-13/h4-7H,3,8-11H2,1-2H3. The number of nitrogens with zero attached hydrogens (tertiary/aromatic N) is 6. The van der Waals surface area contributed by atoms with E-state index in [-0.39, 0.29) is 12.3 Å². The lowest BCUT2D eigenvalue weighted by molar-refractivity contribution is 0.0517. The third-order valence-corrected chi connectivity index (χ3v) is 4.45. The fourth-order valence-corrected chi connectivity index (χ4v) is 3.20. The molecular weight excluding hydrogens is 348 g/mol. The van der Waals surface area contributed by atoms with E-state index in [0.29, 0.717) is 22.7 Å². The number of hydrogen-bond donors (Lipinski definition) is 0. The van der Waals surface area contributed by atoms with Crippen LogP contribution in [0.1, 0.15) is 23.2 Å². The molecule has 1 saturated heterocycles. The van der Waals surface area contributed by atoms with Gasteiger partial charge in [0.25, 0.3) is 5.71 Å². The van der Waals surface area contributed by atoms with Gasteiger partial charge in [-0.2, -0.15) is 4.98 Å². The Labute approximate surface area is 156 Å². The van der Waals surface area contributed by atoms with Gasteiger partial charge in [-0.25, -0.2) is 14.8 Å². The minimum Gasteiger partial charge on any atom is -0.461 e. The first-order chi connectivity index (χ1) is 13.2. The van der Waals surface area contributed by atoms with Gasteiger partial charge in [0.15, 0.2) is 0 Å². The van der Waals surface area contributed by atoms with Crippen LogP contribution in [0.25, 0.3) is 11.1 Å². The van der Waals surface area contributed by atoms with Crippen LogP contribution in [-0.2, 0) is 4.74 Å². The van der Waals surface area contributed by atoms with Gasteiger partial charge in [0, 0.05) is 32.4 Å². The molecule has 1 aliphatic heterocycles. The Morgan fingerprint density at radius 2 is 1.96 bits per heavy atom. The van der Waals surface area contributed by atoms with E-state index in [4.69, 9.17) is 9.26 Å². The Hall–Kier alpha value is -3.23. The molecule has 0 aromatic carbocycles. The highest BCUT2D eigenvalue weighted by Crippen LogP contribution is 2.29. The van der Waals surface area contributed by atoms with Crippen LogP contribution in [0.4, 0.5) is 11.6 Å². The van der Waals surface area contributed by atoms with Crippen molar-refractivity contribution in [3.8, 4) is 0 Å². The number of pyridine rings is 1. The number of hydrogen-bond acceptors (Lipinski definition) is 9. The average Bonchev–Trinajstić information content (AvgIpc) is 3.12. The van der Waals surface area contributed by atoms with Crippen molar-refractivity contribution in [2.75, 3.05) is 42.6 Å². The zero-order chi connectivity index (χ0) is 18.8. The van der Waals surface area contributed by atoms with Gasteiger partial charge in [-0.05, 0) is 26.0 Å². The van der Waals surface area contributed by atoms with Crippen LogP contribution in [0.5, 0.6) is 0 Å². The van der Waals surface area contributed by atoms with Gasteiger partial charge >= 0.3 is 5.97 Å². The predicted molar refractivity (Wildman–Crippen MR) is 99.0 cm³/mol. The highest BCUT2D eigenvalue weighted by atomic mass is 16.5. The number of carbonyl (C=O) groups is 1. The second kappa shape index (κ2) is 7.18. The second-order valence-electron chi connectivity index (χ2n) is 6.19. The molecule has 9 nitrogen and oxygen atoms in total. The van der Waals surface area contributed by atoms with E-state index in [1.165, 1.54) is 0 Å². The molecule has 0 spiro atoms. The van der Waals surface area contributed by atoms with Crippen LogP contribution >= 0.6 is 0 Å². The molecule has 0 atom stereocenters. The summed E-state index contributed by atoms with van der Waals surface area (Å²) in [4.78, 5) is 29.8. The lowest BCUT2D eigenvalue weighted by Crippen LogP contribution is -2.47. The number of piperazine rings is 1. The zero-order valence-corrected chi connectivity index (χ0v) is 15.3. The maximum absolute atomic E-state index is 12.2. The van der Waals surface area contributed by atoms with Gasteiger partial charge in [-0.3, -0.25) is 0 Å². The van der Waals surface area contributed by atoms with E-state index in [1.807, 2.05) is 18.2 Å². The lowest BCUT2D eigenvalue weighted by atomic mass is 10.2. The van der Waals surface area contributed by atoms with E-state index < -0.39 is 5.97 Å². The predicted octanol–water partition coefficient (Wildman–Crippen LogP) is 1.82. The molecule has 0 aliphatic carbocycles. The second-order valence-corrected chi connectivity index (χ2v) is 6.19. The first-order valence-corrected chi connectivity index (χ1v) is 8.89. The summed E-state index contributed by atoms with van der Waals surface area (Å²) in [6, 6.07) is 5.89. The maximum atomic E-state index is 12.2. The summed E-state index contributed by atoms with van der Waals surface area (Å²) in [6.45, 7) is 6.85. The maximum Gasteiger partial charge on any atom is 0.361 e.